The molecule has 5 heteroatoms. The molecule has 1 aromatic rings. The second kappa shape index (κ2) is 7.25. The molecule has 0 atom stereocenters. The molecule has 1 saturated heterocycles. The highest BCUT2D eigenvalue weighted by Crippen LogP contribution is 2.25. The molecule has 1 aliphatic heterocycles. The summed E-state index contributed by atoms with van der Waals surface area (Å²) in [7, 11) is 2.05. The van der Waals surface area contributed by atoms with Crippen LogP contribution in [-0.4, -0.2) is 41.4 Å². The minimum absolute atomic E-state index is 0.658. The fraction of sp³-hybridized carbons (Fsp3) is 0.875. The standard InChI is InChI=1S/C16H29N5/c1-17-14-8-10-21(11-9-14)16-18-15(19-20-16)12-13-6-4-2-3-5-7-13/h13-14,17H,2-12H2,1H3,(H,18,19,20). The first kappa shape index (κ1) is 14.8. The molecule has 0 unspecified atom stereocenters. The lowest BCUT2D eigenvalue weighted by atomic mass is 9.96. The second-order valence-corrected chi connectivity index (χ2v) is 6.69. The van der Waals surface area contributed by atoms with E-state index in [1.165, 1.54) is 51.4 Å². The van der Waals surface area contributed by atoms with Gasteiger partial charge in [-0.15, -0.1) is 5.10 Å². The topological polar surface area (TPSA) is 56.8 Å². The Kier molecular flexibility index (Phi) is 5.12. The van der Waals surface area contributed by atoms with Gasteiger partial charge in [0.15, 0.2) is 0 Å². The van der Waals surface area contributed by atoms with Crippen LogP contribution in [-0.2, 0) is 6.42 Å². The molecule has 2 heterocycles. The third kappa shape index (κ3) is 3.96. The van der Waals surface area contributed by atoms with Crippen LogP contribution in [0.1, 0.15) is 57.2 Å². The molecule has 0 radical (unpaired) electrons. The van der Waals surface area contributed by atoms with Crippen molar-refractivity contribution >= 4 is 5.95 Å². The van der Waals surface area contributed by atoms with E-state index in [2.05, 4.69) is 27.5 Å². The van der Waals surface area contributed by atoms with E-state index in [9.17, 15) is 0 Å². The third-order valence-corrected chi connectivity index (χ3v) is 5.16. The normalized spacial score (nSPS) is 22.4. The molecule has 1 aromatic heterocycles. The maximum Gasteiger partial charge on any atom is 0.244 e. The van der Waals surface area contributed by atoms with E-state index >= 15 is 0 Å². The van der Waals surface area contributed by atoms with E-state index in [1.54, 1.807) is 0 Å². The quantitative estimate of drug-likeness (QED) is 0.837. The Morgan fingerprint density at radius 3 is 2.48 bits per heavy atom. The van der Waals surface area contributed by atoms with Crippen LogP contribution in [0.15, 0.2) is 0 Å². The number of hydrogen-bond donors (Lipinski definition) is 2. The van der Waals surface area contributed by atoms with Crippen molar-refractivity contribution in [3.8, 4) is 0 Å². The lowest BCUT2D eigenvalue weighted by Crippen LogP contribution is -2.41. The Morgan fingerprint density at radius 1 is 1.10 bits per heavy atom. The van der Waals surface area contributed by atoms with Gasteiger partial charge in [0.25, 0.3) is 0 Å². The number of piperidine rings is 1. The van der Waals surface area contributed by atoms with Crippen molar-refractivity contribution in [2.45, 2.75) is 63.8 Å². The first-order valence-electron chi connectivity index (χ1n) is 8.68. The highest BCUT2D eigenvalue weighted by Gasteiger charge is 2.21. The number of anilines is 1. The zero-order chi connectivity index (χ0) is 14.5. The molecule has 118 valence electrons. The van der Waals surface area contributed by atoms with Gasteiger partial charge in [-0.2, -0.15) is 4.98 Å². The minimum atomic E-state index is 0.658. The Morgan fingerprint density at radius 2 is 1.81 bits per heavy atom. The number of rotatable bonds is 4. The Hall–Kier alpha value is -1.10. The summed E-state index contributed by atoms with van der Waals surface area (Å²) in [5, 5.41) is 11.0. The van der Waals surface area contributed by atoms with Crippen molar-refractivity contribution in [3.63, 3.8) is 0 Å². The Labute approximate surface area is 127 Å². The number of H-pyrrole nitrogens is 1. The SMILES string of the molecule is CNC1CCN(c2n[nH]c(CC3CCCCCC3)n2)CC1. The van der Waals surface area contributed by atoms with E-state index in [0.717, 1.165) is 37.2 Å². The van der Waals surface area contributed by atoms with Crippen LogP contribution in [0.3, 0.4) is 0 Å². The predicted molar refractivity (Wildman–Crippen MR) is 85.6 cm³/mol. The van der Waals surface area contributed by atoms with E-state index in [-0.39, 0.29) is 0 Å². The highest BCUT2D eigenvalue weighted by atomic mass is 15.4. The van der Waals surface area contributed by atoms with Crippen LogP contribution in [0.25, 0.3) is 0 Å². The van der Waals surface area contributed by atoms with Crippen molar-refractivity contribution in [3.05, 3.63) is 5.82 Å². The molecule has 5 nitrogen and oxygen atoms in total. The molecule has 21 heavy (non-hydrogen) atoms. The summed E-state index contributed by atoms with van der Waals surface area (Å²) in [6, 6.07) is 0.658. The molecule has 2 aliphatic rings. The Bertz CT molecular complexity index is 414. The molecule has 0 bridgehead atoms. The maximum atomic E-state index is 4.75. The summed E-state index contributed by atoms with van der Waals surface area (Å²) < 4.78 is 0. The summed E-state index contributed by atoms with van der Waals surface area (Å²) in [5.74, 6) is 2.81. The predicted octanol–water partition coefficient (Wildman–Crippen LogP) is 2.51. The molecule has 0 amide bonds. The molecular weight excluding hydrogens is 262 g/mol. The largest absolute Gasteiger partial charge is 0.339 e. The molecular formula is C16H29N5. The number of aromatic amines is 1. The average Bonchev–Trinajstić information content (AvgIpc) is 2.83. The van der Waals surface area contributed by atoms with Crippen LogP contribution in [0, 0.1) is 5.92 Å². The fourth-order valence-electron chi connectivity index (χ4n) is 3.73. The molecule has 1 saturated carbocycles. The van der Waals surface area contributed by atoms with Gasteiger partial charge in [-0.25, -0.2) is 0 Å². The van der Waals surface area contributed by atoms with Crippen LogP contribution in [0.4, 0.5) is 5.95 Å². The smallest absolute Gasteiger partial charge is 0.244 e. The van der Waals surface area contributed by atoms with Crippen molar-refractivity contribution in [2.24, 2.45) is 5.92 Å². The molecule has 2 N–H and O–H groups in total. The van der Waals surface area contributed by atoms with Gasteiger partial charge in [0.1, 0.15) is 5.82 Å². The fourth-order valence-corrected chi connectivity index (χ4v) is 3.73. The summed E-state index contributed by atoms with van der Waals surface area (Å²) in [6.45, 7) is 2.12. The maximum absolute atomic E-state index is 4.75. The van der Waals surface area contributed by atoms with Crippen LogP contribution in [0.5, 0.6) is 0 Å². The Balaban J connectivity index is 1.53. The van der Waals surface area contributed by atoms with Gasteiger partial charge >= 0.3 is 0 Å². The van der Waals surface area contributed by atoms with Gasteiger partial charge in [0.05, 0.1) is 0 Å². The number of nitrogens with one attached hydrogen (secondary N) is 2. The molecule has 3 rings (SSSR count). The molecule has 0 aromatic carbocycles. The van der Waals surface area contributed by atoms with E-state index < -0.39 is 0 Å². The minimum Gasteiger partial charge on any atom is -0.339 e. The second-order valence-electron chi connectivity index (χ2n) is 6.69. The van der Waals surface area contributed by atoms with Gasteiger partial charge in [-0.05, 0) is 25.8 Å². The lowest BCUT2D eigenvalue weighted by molar-refractivity contribution is 0.438. The van der Waals surface area contributed by atoms with E-state index in [0.29, 0.717) is 6.04 Å². The monoisotopic (exact) mass is 291 g/mol. The lowest BCUT2D eigenvalue weighted by Gasteiger charge is -2.30. The average molecular weight is 291 g/mol. The van der Waals surface area contributed by atoms with Gasteiger partial charge in [-0.1, -0.05) is 38.5 Å². The van der Waals surface area contributed by atoms with E-state index in [4.69, 9.17) is 4.98 Å². The third-order valence-electron chi connectivity index (χ3n) is 5.16. The zero-order valence-corrected chi connectivity index (χ0v) is 13.3. The molecule has 2 fully saturated rings. The summed E-state index contributed by atoms with van der Waals surface area (Å²) in [6.07, 6.45) is 11.8. The number of aromatic nitrogens is 3. The molecule has 1 aliphatic carbocycles. The van der Waals surface area contributed by atoms with Crippen molar-refractivity contribution in [1.29, 1.82) is 0 Å². The van der Waals surface area contributed by atoms with E-state index in [1.807, 2.05) is 0 Å². The van der Waals surface area contributed by atoms with Crippen LogP contribution in [0.2, 0.25) is 0 Å². The van der Waals surface area contributed by atoms with Gasteiger partial charge < -0.3 is 10.2 Å². The van der Waals surface area contributed by atoms with Crippen molar-refractivity contribution in [1.82, 2.24) is 20.5 Å². The summed E-state index contributed by atoms with van der Waals surface area (Å²) in [4.78, 5) is 7.07. The van der Waals surface area contributed by atoms with Crippen LogP contribution < -0.4 is 10.2 Å². The zero-order valence-electron chi connectivity index (χ0n) is 13.3. The highest BCUT2D eigenvalue weighted by molar-refractivity contribution is 5.29. The van der Waals surface area contributed by atoms with Gasteiger partial charge in [-0.3, -0.25) is 5.10 Å². The number of nitrogens with zero attached hydrogens (tertiary/aromatic N) is 3. The first-order valence-corrected chi connectivity index (χ1v) is 8.68. The van der Waals surface area contributed by atoms with Gasteiger partial charge in [0, 0.05) is 25.6 Å². The number of hydrogen-bond acceptors (Lipinski definition) is 4. The van der Waals surface area contributed by atoms with Crippen LogP contribution >= 0.6 is 0 Å². The molecule has 0 spiro atoms. The first-order chi connectivity index (χ1) is 10.3. The summed E-state index contributed by atoms with van der Waals surface area (Å²) >= 11 is 0. The van der Waals surface area contributed by atoms with Gasteiger partial charge in [0.2, 0.25) is 5.95 Å². The van der Waals surface area contributed by atoms with Crippen molar-refractivity contribution in [2.75, 3.05) is 25.0 Å². The van der Waals surface area contributed by atoms with Crippen molar-refractivity contribution < 1.29 is 0 Å². The summed E-state index contributed by atoms with van der Waals surface area (Å²) in [5.41, 5.74) is 0.